The van der Waals surface area contributed by atoms with Crippen LogP contribution in [0.15, 0.2) is 24.3 Å². The lowest BCUT2D eigenvalue weighted by Gasteiger charge is -2.26. The molecule has 3 nitrogen and oxygen atoms in total. The fourth-order valence-electron chi connectivity index (χ4n) is 2.85. The molecule has 0 amide bonds. The van der Waals surface area contributed by atoms with E-state index in [0.717, 1.165) is 25.7 Å². The second-order valence-electron chi connectivity index (χ2n) is 5.87. The van der Waals surface area contributed by atoms with Crippen LogP contribution in [0.1, 0.15) is 56.3 Å². The summed E-state index contributed by atoms with van der Waals surface area (Å²) in [4.78, 5) is 12.5. The molecule has 0 bridgehead atoms. The van der Waals surface area contributed by atoms with E-state index in [0.29, 0.717) is 11.3 Å². The number of hydrogen-bond acceptors (Lipinski definition) is 3. The Kier molecular flexibility index (Phi) is 5.18. The maximum atomic E-state index is 12.5. The van der Waals surface area contributed by atoms with E-state index < -0.39 is 6.10 Å². The molecule has 0 heterocycles. The highest BCUT2D eigenvalue weighted by Crippen LogP contribution is 2.30. The van der Waals surface area contributed by atoms with E-state index in [1.165, 1.54) is 6.42 Å². The summed E-state index contributed by atoms with van der Waals surface area (Å²) in [6, 6.07) is 7.20. The van der Waals surface area contributed by atoms with Gasteiger partial charge in [0.2, 0.25) is 0 Å². The fraction of sp³-hybridized carbons (Fsp3) is 0.588. The van der Waals surface area contributed by atoms with Crippen LogP contribution in [0, 0.1) is 5.92 Å². The Bertz CT molecular complexity index is 447. The maximum Gasteiger partial charge on any atom is 0.195 e. The van der Waals surface area contributed by atoms with Crippen molar-refractivity contribution in [2.24, 2.45) is 5.92 Å². The zero-order valence-corrected chi connectivity index (χ0v) is 12.3. The number of carbonyl (C=O) groups excluding carboxylic acids is 1. The highest BCUT2D eigenvalue weighted by molar-refractivity contribution is 6.01. The molecular weight excluding hydrogens is 252 g/mol. The van der Waals surface area contributed by atoms with Crippen molar-refractivity contribution in [3.63, 3.8) is 0 Å². The van der Waals surface area contributed by atoms with Gasteiger partial charge in [0.15, 0.2) is 5.78 Å². The van der Waals surface area contributed by atoms with E-state index in [4.69, 9.17) is 4.74 Å². The van der Waals surface area contributed by atoms with Crippen LogP contribution in [0.4, 0.5) is 0 Å². The van der Waals surface area contributed by atoms with Crippen molar-refractivity contribution in [1.82, 2.24) is 0 Å². The molecule has 1 fully saturated rings. The van der Waals surface area contributed by atoms with E-state index in [-0.39, 0.29) is 17.8 Å². The molecule has 1 aromatic rings. The number of aliphatic hydroxyl groups is 1. The van der Waals surface area contributed by atoms with Crippen molar-refractivity contribution in [3.05, 3.63) is 29.8 Å². The lowest BCUT2D eigenvalue weighted by Crippen LogP contribution is -2.31. The normalized spacial score (nSPS) is 18.0. The molecule has 2 rings (SSSR count). The number of ether oxygens (including phenoxy) is 1. The molecule has 1 aliphatic rings. The fourth-order valence-corrected chi connectivity index (χ4v) is 2.85. The highest BCUT2D eigenvalue weighted by Gasteiger charge is 2.29. The molecule has 1 N–H and O–H groups in total. The summed E-state index contributed by atoms with van der Waals surface area (Å²) >= 11 is 0. The van der Waals surface area contributed by atoms with E-state index in [9.17, 15) is 9.90 Å². The molecule has 0 aliphatic heterocycles. The summed E-state index contributed by atoms with van der Waals surface area (Å²) in [6.45, 7) is 3.86. The molecule has 1 atom stereocenters. The first-order valence-electron chi connectivity index (χ1n) is 7.57. The van der Waals surface area contributed by atoms with Crippen LogP contribution < -0.4 is 4.74 Å². The Morgan fingerprint density at radius 1 is 1.20 bits per heavy atom. The number of rotatable bonds is 5. The quantitative estimate of drug-likeness (QED) is 0.836. The topological polar surface area (TPSA) is 46.5 Å². The van der Waals surface area contributed by atoms with Crippen LogP contribution in [-0.4, -0.2) is 23.1 Å². The van der Waals surface area contributed by atoms with Gasteiger partial charge in [0.1, 0.15) is 11.9 Å². The monoisotopic (exact) mass is 276 g/mol. The summed E-state index contributed by atoms with van der Waals surface area (Å²) in [6.07, 6.45) is 4.44. The van der Waals surface area contributed by atoms with E-state index in [1.54, 1.807) is 12.1 Å². The average Bonchev–Trinajstić information content (AvgIpc) is 2.46. The van der Waals surface area contributed by atoms with Gasteiger partial charge in [-0.2, -0.15) is 0 Å². The molecule has 1 unspecified atom stereocenters. The molecule has 1 aromatic carbocycles. The van der Waals surface area contributed by atoms with Gasteiger partial charge < -0.3 is 9.84 Å². The first-order chi connectivity index (χ1) is 9.59. The van der Waals surface area contributed by atoms with Crippen LogP contribution in [0.5, 0.6) is 5.75 Å². The Morgan fingerprint density at radius 2 is 1.85 bits per heavy atom. The standard InChI is InChI=1S/C17H24O3/c1-12(2)20-15-11-7-6-10-14(15)17(19)16(18)13-8-4-3-5-9-13/h6-7,10-13,16,18H,3-5,8-9H2,1-2H3. The van der Waals surface area contributed by atoms with Gasteiger partial charge in [0.25, 0.3) is 0 Å². The van der Waals surface area contributed by atoms with Gasteiger partial charge in [-0.1, -0.05) is 31.4 Å². The largest absolute Gasteiger partial charge is 0.490 e. The molecule has 0 spiro atoms. The van der Waals surface area contributed by atoms with Crippen molar-refractivity contribution in [1.29, 1.82) is 0 Å². The first kappa shape index (κ1) is 15.0. The van der Waals surface area contributed by atoms with Crippen LogP contribution in [0.25, 0.3) is 0 Å². The van der Waals surface area contributed by atoms with E-state index in [2.05, 4.69) is 0 Å². The van der Waals surface area contributed by atoms with Gasteiger partial charge in [-0.05, 0) is 44.7 Å². The van der Waals surface area contributed by atoms with E-state index >= 15 is 0 Å². The van der Waals surface area contributed by atoms with Crippen LogP contribution >= 0.6 is 0 Å². The van der Waals surface area contributed by atoms with Crippen LogP contribution in [0.3, 0.4) is 0 Å². The van der Waals surface area contributed by atoms with Gasteiger partial charge in [0.05, 0.1) is 11.7 Å². The summed E-state index contributed by atoms with van der Waals surface area (Å²) < 4.78 is 5.67. The summed E-state index contributed by atoms with van der Waals surface area (Å²) in [5.74, 6) is 0.471. The molecule has 20 heavy (non-hydrogen) atoms. The molecular formula is C17H24O3. The van der Waals surface area contributed by atoms with Crippen molar-refractivity contribution < 1.29 is 14.6 Å². The maximum absolute atomic E-state index is 12.5. The number of para-hydroxylation sites is 1. The van der Waals surface area contributed by atoms with Crippen LogP contribution in [-0.2, 0) is 0 Å². The Morgan fingerprint density at radius 3 is 2.50 bits per heavy atom. The Balaban J connectivity index is 2.15. The van der Waals surface area contributed by atoms with Crippen molar-refractivity contribution in [2.75, 3.05) is 0 Å². The summed E-state index contributed by atoms with van der Waals surface area (Å²) in [5, 5.41) is 10.3. The molecule has 0 radical (unpaired) electrons. The third-order valence-electron chi connectivity index (χ3n) is 3.88. The second kappa shape index (κ2) is 6.89. The SMILES string of the molecule is CC(C)Oc1ccccc1C(=O)C(O)C1CCCCC1. The van der Waals surface area contributed by atoms with Gasteiger partial charge in [-0.3, -0.25) is 4.79 Å². The third-order valence-corrected chi connectivity index (χ3v) is 3.88. The average molecular weight is 276 g/mol. The summed E-state index contributed by atoms with van der Waals surface area (Å²) in [5.41, 5.74) is 0.499. The third kappa shape index (κ3) is 3.60. The Labute approximate surface area is 121 Å². The second-order valence-corrected chi connectivity index (χ2v) is 5.87. The van der Waals surface area contributed by atoms with Crippen molar-refractivity contribution in [2.45, 2.75) is 58.2 Å². The number of ketones is 1. The lowest BCUT2D eigenvalue weighted by atomic mass is 9.82. The van der Waals surface area contributed by atoms with Gasteiger partial charge >= 0.3 is 0 Å². The minimum Gasteiger partial charge on any atom is -0.490 e. The predicted molar refractivity (Wildman–Crippen MR) is 79.1 cm³/mol. The smallest absolute Gasteiger partial charge is 0.195 e. The molecule has 0 saturated heterocycles. The van der Waals surface area contributed by atoms with Crippen molar-refractivity contribution in [3.8, 4) is 5.75 Å². The molecule has 3 heteroatoms. The number of benzene rings is 1. The number of aliphatic hydroxyl groups excluding tert-OH is 1. The number of carbonyl (C=O) groups is 1. The molecule has 1 aliphatic carbocycles. The molecule has 110 valence electrons. The zero-order valence-electron chi connectivity index (χ0n) is 12.3. The van der Waals surface area contributed by atoms with Gasteiger partial charge in [-0.25, -0.2) is 0 Å². The molecule has 0 aromatic heterocycles. The minimum absolute atomic E-state index is 0.00998. The lowest BCUT2D eigenvalue weighted by molar-refractivity contribution is 0.0529. The highest BCUT2D eigenvalue weighted by atomic mass is 16.5. The predicted octanol–water partition coefficient (Wildman–Crippen LogP) is 3.60. The minimum atomic E-state index is -0.896. The van der Waals surface area contributed by atoms with Crippen LogP contribution in [0.2, 0.25) is 0 Å². The van der Waals surface area contributed by atoms with E-state index in [1.807, 2.05) is 26.0 Å². The molecule has 1 saturated carbocycles. The first-order valence-corrected chi connectivity index (χ1v) is 7.57. The van der Waals surface area contributed by atoms with Gasteiger partial charge in [-0.15, -0.1) is 0 Å². The number of Topliss-reactive ketones (excluding diaryl/α,β-unsaturated/α-hetero) is 1. The summed E-state index contributed by atoms with van der Waals surface area (Å²) in [7, 11) is 0. The van der Waals surface area contributed by atoms with Crippen molar-refractivity contribution >= 4 is 5.78 Å². The van der Waals surface area contributed by atoms with Gasteiger partial charge in [0, 0.05) is 0 Å². The number of hydrogen-bond donors (Lipinski definition) is 1. The zero-order chi connectivity index (χ0) is 14.5. The Hall–Kier alpha value is -1.35.